The predicted molar refractivity (Wildman–Crippen MR) is 65.9 cm³/mol. The Kier molecular flexibility index (Phi) is 3.56. The van der Waals surface area contributed by atoms with Crippen LogP contribution in [0.1, 0.15) is 19.8 Å². The smallest absolute Gasteiger partial charge is 0.244 e. The Morgan fingerprint density at radius 1 is 1.42 bits per heavy atom. The van der Waals surface area contributed by atoms with E-state index >= 15 is 0 Å². The van der Waals surface area contributed by atoms with E-state index in [9.17, 15) is 12.8 Å². The normalized spacial score (nSPS) is 19.8. The summed E-state index contributed by atoms with van der Waals surface area (Å²) in [6.45, 7) is 2.35. The van der Waals surface area contributed by atoms with Crippen molar-refractivity contribution in [3.05, 3.63) is 24.3 Å². The van der Waals surface area contributed by atoms with Crippen molar-refractivity contribution in [2.75, 3.05) is 13.1 Å². The summed E-state index contributed by atoms with van der Waals surface area (Å²) in [5.41, 5.74) is -0.480. The van der Waals surface area contributed by atoms with Crippen LogP contribution in [0.3, 0.4) is 0 Å². The summed E-state index contributed by atoms with van der Waals surface area (Å²) in [6, 6.07) is 3.17. The third-order valence-corrected chi connectivity index (χ3v) is 5.28. The van der Waals surface area contributed by atoms with E-state index in [1.807, 2.05) is 6.92 Å². The second-order valence-corrected chi connectivity index (χ2v) is 6.85. The third-order valence-electron chi connectivity index (χ3n) is 3.41. The summed E-state index contributed by atoms with van der Waals surface area (Å²) >= 11 is 0. The van der Waals surface area contributed by atoms with E-state index < -0.39 is 21.3 Å². The van der Waals surface area contributed by atoms with E-state index in [0.29, 0.717) is 12.8 Å². The van der Waals surface area contributed by atoms with E-state index in [1.165, 1.54) is 4.31 Å². The van der Waals surface area contributed by atoms with Gasteiger partial charge in [-0.15, -0.1) is 0 Å². The van der Waals surface area contributed by atoms with Crippen LogP contribution in [0.2, 0.25) is 0 Å². The van der Waals surface area contributed by atoms with Crippen LogP contribution in [0, 0.1) is 22.6 Å². The van der Waals surface area contributed by atoms with Gasteiger partial charge in [-0.3, -0.25) is 4.98 Å². The highest BCUT2D eigenvalue weighted by Crippen LogP contribution is 2.32. The molecule has 7 heteroatoms. The minimum Gasteiger partial charge on any atom is -0.260 e. The van der Waals surface area contributed by atoms with Crippen LogP contribution in [0.15, 0.2) is 23.4 Å². The number of nitrogens with zero attached hydrogens (tertiary/aromatic N) is 3. The number of halogens is 1. The Bertz CT molecular complexity index is 616. The molecule has 2 heterocycles. The van der Waals surface area contributed by atoms with Crippen molar-refractivity contribution in [3.8, 4) is 6.07 Å². The molecule has 1 aromatic heterocycles. The van der Waals surface area contributed by atoms with Gasteiger partial charge in [0.25, 0.3) is 0 Å². The number of sulfonamides is 1. The van der Waals surface area contributed by atoms with Crippen LogP contribution < -0.4 is 0 Å². The molecular formula is C12H14FN3O2S. The van der Waals surface area contributed by atoms with Gasteiger partial charge in [-0.25, -0.2) is 12.8 Å². The lowest BCUT2D eigenvalue weighted by molar-refractivity contribution is 0.232. The van der Waals surface area contributed by atoms with Crippen molar-refractivity contribution in [2.45, 2.75) is 24.7 Å². The molecule has 102 valence electrons. The van der Waals surface area contributed by atoms with E-state index in [-0.39, 0.29) is 18.0 Å². The standard InChI is InChI=1S/C12H14FN3O2S/c1-12(9-14)2-4-16(5-3-12)19(17,18)11-6-10(13)7-15-8-11/h6-8H,2-5H2,1H3. The molecule has 0 radical (unpaired) electrons. The van der Waals surface area contributed by atoms with Crippen LogP contribution in [0.5, 0.6) is 0 Å². The first-order chi connectivity index (χ1) is 8.87. The second-order valence-electron chi connectivity index (χ2n) is 4.92. The highest BCUT2D eigenvalue weighted by Gasteiger charge is 2.35. The number of nitriles is 1. The summed E-state index contributed by atoms with van der Waals surface area (Å²) in [6.07, 6.45) is 3.05. The minimum absolute atomic E-state index is 0.145. The molecule has 1 saturated heterocycles. The number of piperidine rings is 1. The molecule has 0 aromatic carbocycles. The van der Waals surface area contributed by atoms with Gasteiger partial charge in [-0.2, -0.15) is 9.57 Å². The summed E-state index contributed by atoms with van der Waals surface area (Å²) in [7, 11) is -3.72. The summed E-state index contributed by atoms with van der Waals surface area (Å²) < 4.78 is 38.9. The molecule has 0 N–H and O–H groups in total. The summed E-state index contributed by atoms with van der Waals surface area (Å²) in [5.74, 6) is -0.681. The number of hydrogen-bond acceptors (Lipinski definition) is 4. The molecule has 0 bridgehead atoms. The Morgan fingerprint density at radius 3 is 2.58 bits per heavy atom. The lowest BCUT2D eigenvalue weighted by Crippen LogP contribution is -2.41. The molecule has 5 nitrogen and oxygen atoms in total. The van der Waals surface area contributed by atoms with Crippen LogP contribution >= 0.6 is 0 Å². The predicted octanol–water partition coefficient (Wildman–Crippen LogP) is 1.54. The highest BCUT2D eigenvalue weighted by molar-refractivity contribution is 7.89. The maximum Gasteiger partial charge on any atom is 0.244 e. The fourth-order valence-corrected chi connectivity index (χ4v) is 3.43. The number of rotatable bonds is 2. The first-order valence-electron chi connectivity index (χ1n) is 5.89. The molecule has 0 aliphatic carbocycles. The van der Waals surface area contributed by atoms with Crippen LogP contribution in [0.25, 0.3) is 0 Å². The van der Waals surface area contributed by atoms with Gasteiger partial charge < -0.3 is 0 Å². The molecule has 0 spiro atoms. The average molecular weight is 283 g/mol. The fourth-order valence-electron chi connectivity index (χ4n) is 2.01. The van der Waals surface area contributed by atoms with Crippen molar-refractivity contribution >= 4 is 10.0 Å². The van der Waals surface area contributed by atoms with Crippen LogP contribution in [0.4, 0.5) is 4.39 Å². The minimum atomic E-state index is -3.72. The zero-order chi connectivity index (χ0) is 14.1. The summed E-state index contributed by atoms with van der Waals surface area (Å²) in [4.78, 5) is 3.41. The Hall–Kier alpha value is -1.52. The van der Waals surface area contributed by atoms with E-state index in [2.05, 4.69) is 11.1 Å². The number of pyridine rings is 1. The molecule has 0 atom stereocenters. The SMILES string of the molecule is CC1(C#N)CCN(S(=O)(=O)c2cncc(F)c2)CC1. The van der Waals surface area contributed by atoms with Gasteiger partial charge in [-0.05, 0) is 25.8 Å². The fraction of sp³-hybridized carbons (Fsp3) is 0.500. The van der Waals surface area contributed by atoms with Gasteiger partial charge in [0.05, 0.1) is 17.7 Å². The van der Waals surface area contributed by atoms with E-state index in [1.54, 1.807) is 0 Å². The average Bonchev–Trinajstić information content (AvgIpc) is 2.39. The zero-order valence-corrected chi connectivity index (χ0v) is 11.3. The highest BCUT2D eigenvalue weighted by atomic mass is 32.2. The molecule has 1 aliphatic heterocycles. The Labute approximate surface area is 111 Å². The van der Waals surface area contributed by atoms with Gasteiger partial charge in [0.15, 0.2) is 0 Å². The Morgan fingerprint density at radius 2 is 2.05 bits per heavy atom. The first-order valence-corrected chi connectivity index (χ1v) is 7.33. The van der Waals surface area contributed by atoms with Crippen LogP contribution in [-0.2, 0) is 10.0 Å². The molecule has 0 amide bonds. The molecule has 0 unspecified atom stereocenters. The molecule has 1 aliphatic rings. The van der Waals surface area contributed by atoms with Gasteiger partial charge in [0.2, 0.25) is 10.0 Å². The van der Waals surface area contributed by atoms with Gasteiger partial charge in [0.1, 0.15) is 10.7 Å². The monoisotopic (exact) mass is 283 g/mol. The maximum absolute atomic E-state index is 13.1. The molecule has 19 heavy (non-hydrogen) atoms. The lowest BCUT2D eigenvalue weighted by atomic mass is 9.83. The van der Waals surface area contributed by atoms with Crippen molar-refractivity contribution in [1.29, 1.82) is 5.26 Å². The van der Waals surface area contributed by atoms with Gasteiger partial charge in [-0.1, -0.05) is 0 Å². The second kappa shape index (κ2) is 4.87. The molecular weight excluding hydrogens is 269 g/mol. The molecule has 0 saturated carbocycles. The number of hydrogen-bond donors (Lipinski definition) is 0. The van der Waals surface area contributed by atoms with Crippen molar-refractivity contribution in [2.24, 2.45) is 5.41 Å². The van der Waals surface area contributed by atoms with Crippen molar-refractivity contribution in [1.82, 2.24) is 9.29 Å². The van der Waals surface area contributed by atoms with Crippen molar-refractivity contribution in [3.63, 3.8) is 0 Å². The molecule has 1 fully saturated rings. The molecule has 2 rings (SSSR count). The van der Waals surface area contributed by atoms with Crippen molar-refractivity contribution < 1.29 is 12.8 Å². The quantitative estimate of drug-likeness (QED) is 0.825. The zero-order valence-electron chi connectivity index (χ0n) is 10.5. The largest absolute Gasteiger partial charge is 0.260 e. The molecule has 1 aromatic rings. The number of aromatic nitrogens is 1. The first kappa shape index (κ1) is 13.9. The lowest BCUT2D eigenvalue weighted by Gasteiger charge is -2.33. The Balaban J connectivity index is 2.22. The summed E-state index contributed by atoms with van der Waals surface area (Å²) in [5, 5.41) is 9.02. The van der Waals surface area contributed by atoms with Gasteiger partial charge in [0, 0.05) is 19.3 Å². The topological polar surface area (TPSA) is 74.1 Å². The van der Waals surface area contributed by atoms with Crippen LogP contribution in [-0.4, -0.2) is 30.8 Å². The van der Waals surface area contributed by atoms with E-state index in [4.69, 9.17) is 5.26 Å². The van der Waals surface area contributed by atoms with Gasteiger partial charge >= 0.3 is 0 Å². The third kappa shape index (κ3) is 2.74. The van der Waals surface area contributed by atoms with E-state index in [0.717, 1.165) is 18.5 Å². The maximum atomic E-state index is 13.1.